The van der Waals surface area contributed by atoms with Crippen molar-refractivity contribution in [3.8, 4) is 0 Å². The molecule has 2 aliphatic rings. The molecule has 0 saturated heterocycles. The van der Waals surface area contributed by atoms with Crippen LogP contribution >= 0.6 is 0 Å². The summed E-state index contributed by atoms with van der Waals surface area (Å²) < 4.78 is 0. The van der Waals surface area contributed by atoms with Gasteiger partial charge in [0.15, 0.2) is 0 Å². The SMILES string of the molecule is CCCCC1CCC(C2CCC(c3ccc(CC)cc3)CC2)C(C)C1. The fourth-order valence-electron chi connectivity index (χ4n) is 5.89. The summed E-state index contributed by atoms with van der Waals surface area (Å²) in [5, 5.41) is 0. The molecule has 0 amide bonds. The van der Waals surface area contributed by atoms with E-state index in [-0.39, 0.29) is 0 Å². The molecule has 0 nitrogen and oxygen atoms in total. The maximum absolute atomic E-state index is 2.57. The van der Waals surface area contributed by atoms with E-state index in [1.54, 1.807) is 5.56 Å². The van der Waals surface area contributed by atoms with Gasteiger partial charge in [0.2, 0.25) is 0 Å². The Kier molecular flexibility index (Phi) is 7.02. The van der Waals surface area contributed by atoms with Crippen molar-refractivity contribution >= 4 is 0 Å². The third kappa shape index (κ3) is 4.89. The Labute approximate surface area is 156 Å². The molecule has 2 fully saturated rings. The first-order chi connectivity index (χ1) is 12.2. The van der Waals surface area contributed by atoms with E-state index in [1.165, 1.54) is 69.8 Å². The van der Waals surface area contributed by atoms with Gasteiger partial charge >= 0.3 is 0 Å². The molecule has 0 bridgehead atoms. The van der Waals surface area contributed by atoms with Crippen LogP contribution in [0.15, 0.2) is 24.3 Å². The zero-order valence-corrected chi connectivity index (χ0v) is 17.0. The summed E-state index contributed by atoms with van der Waals surface area (Å²) in [6, 6.07) is 9.51. The molecule has 0 heterocycles. The van der Waals surface area contributed by atoms with Crippen molar-refractivity contribution in [3.63, 3.8) is 0 Å². The molecule has 2 aliphatic carbocycles. The van der Waals surface area contributed by atoms with Crippen LogP contribution in [-0.2, 0) is 6.42 Å². The molecule has 0 N–H and O–H groups in total. The lowest BCUT2D eigenvalue weighted by atomic mass is 9.64. The molecule has 0 heteroatoms. The third-order valence-electron chi connectivity index (χ3n) is 7.55. The van der Waals surface area contributed by atoms with Gasteiger partial charge in [0.25, 0.3) is 0 Å². The van der Waals surface area contributed by atoms with E-state index in [2.05, 4.69) is 45.0 Å². The minimum atomic E-state index is 0.832. The fraction of sp³-hybridized carbons (Fsp3) is 0.760. The van der Waals surface area contributed by atoms with Crippen molar-refractivity contribution in [2.24, 2.45) is 23.7 Å². The molecule has 3 rings (SSSR count). The highest BCUT2D eigenvalue weighted by atomic mass is 14.4. The summed E-state index contributed by atoms with van der Waals surface area (Å²) in [5.74, 6) is 4.90. The van der Waals surface area contributed by atoms with Crippen molar-refractivity contribution in [1.29, 1.82) is 0 Å². The first-order valence-electron chi connectivity index (χ1n) is 11.3. The number of rotatable bonds is 6. The molecule has 0 aliphatic heterocycles. The number of aryl methyl sites for hydroxylation is 1. The second kappa shape index (κ2) is 9.24. The Bertz CT molecular complexity index is 491. The van der Waals surface area contributed by atoms with Gasteiger partial charge in [0, 0.05) is 0 Å². The standard InChI is InChI=1S/C25H40/c1-4-6-7-21-10-17-25(19(3)18-21)24-15-13-23(14-16-24)22-11-8-20(5-2)9-12-22/h8-9,11-12,19,21,23-25H,4-7,10,13-18H2,1-3H3. The molecule has 2 saturated carbocycles. The van der Waals surface area contributed by atoms with Gasteiger partial charge in [0.05, 0.1) is 0 Å². The molecular weight excluding hydrogens is 300 g/mol. The summed E-state index contributed by atoms with van der Waals surface area (Å²) in [6.45, 7) is 7.15. The first-order valence-corrected chi connectivity index (χ1v) is 11.3. The first kappa shape index (κ1) is 19.0. The summed E-state index contributed by atoms with van der Waals surface area (Å²) in [7, 11) is 0. The second-order valence-electron chi connectivity index (χ2n) is 9.17. The quantitative estimate of drug-likeness (QED) is 0.496. The van der Waals surface area contributed by atoms with Gasteiger partial charge in [-0.25, -0.2) is 0 Å². The van der Waals surface area contributed by atoms with Gasteiger partial charge in [-0.1, -0.05) is 70.7 Å². The van der Waals surface area contributed by atoms with Gasteiger partial charge in [-0.3, -0.25) is 0 Å². The van der Waals surface area contributed by atoms with Crippen LogP contribution in [0.25, 0.3) is 0 Å². The molecule has 0 aromatic heterocycles. The average molecular weight is 341 g/mol. The molecular formula is C25H40. The Hall–Kier alpha value is -0.780. The van der Waals surface area contributed by atoms with Crippen molar-refractivity contribution in [2.45, 2.75) is 97.3 Å². The van der Waals surface area contributed by atoms with Crippen molar-refractivity contribution in [2.75, 3.05) is 0 Å². The number of unbranched alkanes of at least 4 members (excludes halogenated alkanes) is 1. The molecule has 140 valence electrons. The number of hydrogen-bond acceptors (Lipinski definition) is 0. The molecule has 1 aromatic carbocycles. The van der Waals surface area contributed by atoms with Crippen LogP contribution in [0.3, 0.4) is 0 Å². The Morgan fingerprint density at radius 3 is 2.20 bits per heavy atom. The van der Waals surface area contributed by atoms with E-state index >= 15 is 0 Å². The highest BCUT2D eigenvalue weighted by Gasteiger charge is 2.35. The Morgan fingerprint density at radius 2 is 1.60 bits per heavy atom. The van der Waals surface area contributed by atoms with Gasteiger partial charge < -0.3 is 0 Å². The monoisotopic (exact) mass is 340 g/mol. The highest BCUT2D eigenvalue weighted by Crippen LogP contribution is 2.46. The maximum Gasteiger partial charge on any atom is -0.0162 e. The summed E-state index contributed by atoms with van der Waals surface area (Å²) in [6.07, 6.45) is 15.9. The lowest BCUT2D eigenvalue weighted by Crippen LogP contribution is -2.31. The molecule has 0 spiro atoms. The lowest BCUT2D eigenvalue weighted by molar-refractivity contribution is 0.102. The Balaban J connectivity index is 1.48. The van der Waals surface area contributed by atoms with Crippen LogP contribution in [0.5, 0.6) is 0 Å². The zero-order chi connectivity index (χ0) is 17.6. The van der Waals surface area contributed by atoms with Crippen LogP contribution in [0.4, 0.5) is 0 Å². The Morgan fingerprint density at radius 1 is 0.880 bits per heavy atom. The molecule has 0 radical (unpaired) electrons. The van der Waals surface area contributed by atoms with Crippen molar-refractivity contribution in [3.05, 3.63) is 35.4 Å². The normalized spacial score (nSPS) is 33.3. The predicted octanol–water partition coefficient (Wildman–Crippen LogP) is 7.77. The van der Waals surface area contributed by atoms with E-state index in [1.807, 2.05) is 0 Å². The van der Waals surface area contributed by atoms with Crippen LogP contribution in [0.2, 0.25) is 0 Å². The summed E-state index contributed by atoms with van der Waals surface area (Å²) in [5.41, 5.74) is 3.08. The van der Waals surface area contributed by atoms with Gasteiger partial charge in [-0.15, -0.1) is 0 Å². The molecule has 1 aromatic rings. The van der Waals surface area contributed by atoms with E-state index in [0.29, 0.717) is 0 Å². The van der Waals surface area contributed by atoms with Crippen LogP contribution < -0.4 is 0 Å². The highest BCUT2D eigenvalue weighted by molar-refractivity contribution is 5.25. The fourth-order valence-corrected chi connectivity index (χ4v) is 5.89. The van der Waals surface area contributed by atoms with Crippen molar-refractivity contribution in [1.82, 2.24) is 0 Å². The largest absolute Gasteiger partial charge is 0.0654 e. The average Bonchev–Trinajstić information content (AvgIpc) is 2.67. The summed E-state index contributed by atoms with van der Waals surface area (Å²) in [4.78, 5) is 0. The predicted molar refractivity (Wildman–Crippen MR) is 110 cm³/mol. The zero-order valence-electron chi connectivity index (χ0n) is 17.0. The van der Waals surface area contributed by atoms with Crippen LogP contribution in [-0.4, -0.2) is 0 Å². The van der Waals surface area contributed by atoms with Crippen LogP contribution in [0.1, 0.15) is 102 Å². The van der Waals surface area contributed by atoms with Gasteiger partial charge in [0.1, 0.15) is 0 Å². The minimum Gasteiger partial charge on any atom is -0.0654 e. The van der Waals surface area contributed by atoms with Gasteiger partial charge in [-0.05, 0) is 85.7 Å². The maximum atomic E-state index is 2.57. The van der Waals surface area contributed by atoms with Gasteiger partial charge in [-0.2, -0.15) is 0 Å². The molecule has 25 heavy (non-hydrogen) atoms. The van der Waals surface area contributed by atoms with Crippen molar-refractivity contribution < 1.29 is 0 Å². The van der Waals surface area contributed by atoms with Crippen LogP contribution in [0, 0.1) is 23.7 Å². The lowest BCUT2D eigenvalue weighted by Gasteiger charge is -2.42. The topological polar surface area (TPSA) is 0 Å². The minimum absolute atomic E-state index is 0.832. The third-order valence-corrected chi connectivity index (χ3v) is 7.55. The van der Waals surface area contributed by atoms with E-state index < -0.39 is 0 Å². The molecule has 3 atom stereocenters. The van der Waals surface area contributed by atoms with E-state index in [0.717, 1.165) is 36.0 Å². The van der Waals surface area contributed by atoms with E-state index in [9.17, 15) is 0 Å². The smallest absolute Gasteiger partial charge is 0.0162 e. The summed E-state index contributed by atoms with van der Waals surface area (Å²) >= 11 is 0. The number of hydrogen-bond donors (Lipinski definition) is 0. The molecule has 3 unspecified atom stereocenters. The second-order valence-corrected chi connectivity index (χ2v) is 9.17. The van der Waals surface area contributed by atoms with E-state index in [4.69, 9.17) is 0 Å². The number of benzene rings is 1.